The van der Waals surface area contributed by atoms with E-state index in [1.165, 1.54) is 6.08 Å². The molecule has 1 fully saturated rings. The summed E-state index contributed by atoms with van der Waals surface area (Å²) in [6, 6.07) is 7.10. The third-order valence-electron chi connectivity index (χ3n) is 3.27. The fourth-order valence-electron chi connectivity index (χ4n) is 2.00. The van der Waals surface area contributed by atoms with E-state index in [9.17, 15) is 9.59 Å². The molecule has 1 saturated heterocycles. The van der Waals surface area contributed by atoms with Crippen molar-refractivity contribution in [3.05, 3.63) is 35.4 Å². The first-order chi connectivity index (χ1) is 11.6. The van der Waals surface area contributed by atoms with Gasteiger partial charge in [0.1, 0.15) is 17.9 Å². The second kappa shape index (κ2) is 9.14. The van der Waals surface area contributed by atoms with Gasteiger partial charge in [0.15, 0.2) is 5.11 Å². The number of hydrogen-bond acceptors (Lipinski definition) is 5. The number of carbonyl (C=O) groups excluding carboxylic acids is 2. The van der Waals surface area contributed by atoms with Crippen LogP contribution in [0.25, 0.3) is 6.08 Å². The number of carbonyl (C=O) groups is 2. The van der Waals surface area contributed by atoms with Crippen LogP contribution >= 0.6 is 12.2 Å². The summed E-state index contributed by atoms with van der Waals surface area (Å²) in [6.07, 6.45) is 3.67. The van der Waals surface area contributed by atoms with Crippen molar-refractivity contribution in [1.29, 1.82) is 0 Å². The molecule has 2 amide bonds. The van der Waals surface area contributed by atoms with E-state index < -0.39 is 11.8 Å². The predicted octanol–water partition coefficient (Wildman–Crippen LogP) is 1.80. The second-order valence-corrected chi connectivity index (χ2v) is 5.59. The molecule has 1 aromatic carbocycles. The van der Waals surface area contributed by atoms with Crippen LogP contribution in [0.2, 0.25) is 0 Å². The maximum absolute atomic E-state index is 11.8. The molecule has 0 saturated carbocycles. The molecule has 0 bridgehead atoms. The van der Waals surface area contributed by atoms with Crippen LogP contribution in [-0.4, -0.2) is 36.7 Å². The zero-order valence-electron chi connectivity index (χ0n) is 13.5. The molecule has 6 nitrogen and oxygen atoms in total. The SMILES string of the molecule is CCCCOCCOc1ccc(C=C2C(=O)NC(=S)NC2=O)cc1. The molecule has 2 rings (SSSR count). The van der Waals surface area contributed by atoms with Gasteiger partial charge in [-0.3, -0.25) is 20.2 Å². The number of ether oxygens (including phenoxy) is 2. The minimum Gasteiger partial charge on any atom is -0.491 e. The molecular formula is C17H20N2O4S. The van der Waals surface area contributed by atoms with Crippen molar-refractivity contribution >= 4 is 35.2 Å². The minimum atomic E-state index is -0.506. The lowest BCUT2D eigenvalue weighted by atomic mass is 10.1. The van der Waals surface area contributed by atoms with E-state index in [0.717, 1.165) is 25.0 Å². The average molecular weight is 348 g/mol. The summed E-state index contributed by atoms with van der Waals surface area (Å²) >= 11 is 4.75. The highest BCUT2D eigenvalue weighted by molar-refractivity contribution is 7.80. The van der Waals surface area contributed by atoms with E-state index in [2.05, 4.69) is 17.6 Å². The van der Waals surface area contributed by atoms with Crippen LogP contribution in [0.3, 0.4) is 0 Å². The van der Waals surface area contributed by atoms with Crippen LogP contribution in [-0.2, 0) is 14.3 Å². The van der Waals surface area contributed by atoms with Crippen molar-refractivity contribution in [3.8, 4) is 5.75 Å². The van der Waals surface area contributed by atoms with Crippen LogP contribution in [0, 0.1) is 0 Å². The number of rotatable bonds is 8. The molecule has 24 heavy (non-hydrogen) atoms. The highest BCUT2D eigenvalue weighted by Crippen LogP contribution is 2.15. The van der Waals surface area contributed by atoms with E-state index in [1.54, 1.807) is 24.3 Å². The Morgan fingerprint density at radius 3 is 2.33 bits per heavy atom. The lowest BCUT2D eigenvalue weighted by molar-refractivity contribution is -0.123. The molecule has 0 aromatic heterocycles. The van der Waals surface area contributed by atoms with E-state index >= 15 is 0 Å². The monoisotopic (exact) mass is 348 g/mol. The van der Waals surface area contributed by atoms with Crippen molar-refractivity contribution in [2.24, 2.45) is 0 Å². The van der Waals surface area contributed by atoms with Gasteiger partial charge >= 0.3 is 0 Å². The largest absolute Gasteiger partial charge is 0.491 e. The first-order valence-corrected chi connectivity index (χ1v) is 8.20. The third kappa shape index (κ3) is 5.43. The molecule has 0 radical (unpaired) electrons. The number of benzene rings is 1. The van der Waals surface area contributed by atoms with Gasteiger partial charge in [-0.1, -0.05) is 25.5 Å². The minimum absolute atomic E-state index is 0.0154. The zero-order valence-corrected chi connectivity index (χ0v) is 14.3. The van der Waals surface area contributed by atoms with Gasteiger partial charge in [-0.05, 0) is 42.4 Å². The highest BCUT2D eigenvalue weighted by Gasteiger charge is 2.25. The summed E-state index contributed by atoms with van der Waals surface area (Å²) in [7, 11) is 0. The Balaban J connectivity index is 1.87. The summed E-state index contributed by atoms with van der Waals surface area (Å²) in [5.41, 5.74) is 0.733. The van der Waals surface area contributed by atoms with Gasteiger partial charge in [-0.25, -0.2) is 0 Å². The van der Waals surface area contributed by atoms with Gasteiger partial charge in [-0.2, -0.15) is 0 Å². The van der Waals surface area contributed by atoms with Crippen LogP contribution in [0.5, 0.6) is 5.75 Å². The molecule has 2 N–H and O–H groups in total. The number of unbranched alkanes of at least 4 members (excludes halogenated alkanes) is 1. The quantitative estimate of drug-likeness (QED) is 0.324. The molecule has 1 aliphatic heterocycles. The summed E-state index contributed by atoms with van der Waals surface area (Å²) in [5, 5.41) is 4.81. The van der Waals surface area contributed by atoms with Crippen LogP contribution < -0.4 is 15.4 Å². The molecular weight excluding hydrogens is 328 g/mol. The van der Waals surface area contributed by atoms with Crippen molar-refractivity contribution in [2.45, 2.75) is 19.8 Å². The molecule has 7 heteroatoms. The highest BCUT2D eigenvalue weighted by atomic mass is 32.1. The molecule has 1 heterocycles. The molecule has 1 aromatic rings. The molecule has 0 atom stereocenters. The van der Waals surface area contributed by atoms with Crippen LogP contribution in [0.15, 0.2) is 29.8 Å². The van der Waals surface area contributed by atoms with E-state index in [1.807, 2.05) is 0 Å². The predicted molar refractivity (Wildman–Crippen MR) is 94.5 cm³/mol. The Morgan fingerprint density at radius 1 is 1.04 bits per heavy atom. The van der Waals surface area contributed by atoms with Gasteiger partial charge in [0.2, 0.25) is 0 Å². The molecule has 0 unspecified atom stereocenters. The Morgan fingerprint density at radius 2 is 1.71 bits per heavy atom. The maximum Gasteiger partial charge on any atom is 0.263 e. The van der Waals surface area contributed by atoms with Crippen LogP contribution in [0.4, 0.5) is 0 Å². The first kappa shape index (κ1) is 18.1. The van der Waals surface area contributed by atoms with E-state index in [0.29, 0.717) is 19.0 Å². The first-order valence-electron chi connectivity index (χ1n) is 7.79. The Labute approximate surface area is 146 Å². The molecule has 0 spiro atoms. The summed E-state index contributed by atoms with van der Waals surface area (Å²) in [6.45, 7) is 3.89. The van der Waals surface area contributed by atoms with E-state index in [-0.39, 0.29) is 10.7 Å². The van der Waals surface area contributed by atoms with Gasteiger partial charge in [0.05, 0.1) is 6.61 Å². The van der Waals surface area contributed by atoms with Crippen molar-refractivity contribution in [2.75, 3.05) is 19.8 Å². The Kier molecular flexibility index (Phi) is 6.89. The number of amides is 2. The Bertz CT molecular complexity index is 618. The molecule has 0 aliphatic carbocycles. The maximum atomic E-state index is 11.8. The molecule has 128 valence electrons. The topological polar surface area (TPSA) is 76.7 Å². The second-order valence-electron chi connectivity index (χ2n) is 5.18. The zero-order chi connectivity index (χ0) is 17.4. The van der Waals surface area contributed by atoms with Crippen molar-refractivity contribution < 1.29 is 19.1 Å². The normalized spacial score (nSPS) is 14.2. The lowest BCUT2D eigenvalue weighted by Crippen LogP contribution is -2.51. The summed E-state index contributed by atoms with van der Waals surface area (Å²) in [5.74, 6) is -0.309. The lowest BCUT2D eigenvalue weighted by Gasteiger charge is -2.16. The van der Waals surface area contributed by atoms with Crippen LogP contribution in [0.1, 0.15) is 25.3 Å². The number of hydrogen-bond donors (Lipinski definition) is 2. The fourth-order valence-corrected chi connectivity index (χ4v) is 2.19. The standard InChI is InChI=1S/C17H20N2O4S/c1-2-3-8-22-9-10-23-13-6-4-12(5-7-13)11-14-15(20)18-17(24)19-16(14)21/h4-7,11H,2-3,8-10H2,1H3,(H2,18,19,20,21,24). The average Bonchev–Trinajstić information content (AvgIpc) is 2.55. The Hall–Kier alpha value is -2.25. The van der Waals surface area contributed by atoms with Crippen molar-refractivity contribution in [3.63, 3.8) is 0 Å². The van der Waals surface area contributed by atoms with Gasteiger partial charge in [-0.15, -0.1) is 0 Å². The van der Waals surface area contributed by atoms with Gasteiger partial charge < -0.3 is 9.47 Å². The number of nitrogens with one attached hydrogen (secondary N) is 2. The van der Waals surface area contributed by atoms with E-state index in [4.69, 9.17) is 21.7 Å². The van der Waals surface area contributed by atoms with Gasteiger partial charge in [0.25, 0.3) is 11.8 Å². The third-order valence-corrected chi connectivity index (χ3v) is 3.48. The fraction of sp³-hybridized carbons (Fsp3) is 0.353. The van der Waals surface area contributed by atoms with Gasteiger partial charge in [0, 0.05) is 6.61 Å². The molecule has 1 aliphatic rings. The number of thiocarbonyl (C=S) groups is 1. The van der Waals surface area contributed by atoms with Crippen molar-refractivity contribution in [1.82, 2.24) is 10.6 Å². The smallest absolute Gasteiger partial charge is 0.263 e. The summed E-state index contributed by atoms with van der Waals surface area (Å²) in [4.78, 5) is 23.5. The summed E-state index contributed by atoms with van der Waals surface area (Å²) < 4.78 is 11.0.